The molecule has 110 valence electrons. The van der Waals surface area contributed by atoms with Crippen molar-refractivity contribution < 1.29 is 9.26 Å². The van der Waals surface area contributed by atoms with Crippen LogP contribution in [0.2, 0.25) is 19.6 Å². The molecule has 1 heterocycles. The molecule has 0 unspecified atom stereocenters. The van der Waals surface area contributed by atoms with Crippen LogP contribution in [-0.4, -0.2) is 37.2 Å². The van der Waals surface area contributed by atoms with Crippen molar-refractivity contribution in [1.82, 2.24) is 5.06 Å². The number of hydroxylamine groups is 2. The molecule has 5 heteroatoms. The molecule has 1 aliphatic rings. The second kappa shape index (κ2) is 4.85. The van der Waals surface area contributed by atoms with E-state index in [4.69, 9.17) is 9.26 Å². The van der Waals surface area contributed by atoms with E-state index in [1.807, 2.05) is 5.06 Å². The fraction of sp³-hybridized carbons (Fsp3) is 0.929. The summed E-state index contributed by atoms with van der Waals surface area (Å²) < 4.78 is 6.28. The van der Waals surface area contributed by atoms with Gasteiger partial charge in [0.2, 0.25) is 0 Å². The van der Waals surface area contributed by atoms with Gasteiger partial charge in [0.15, 0.2) is 8.32 Å². The normalized spacial score (nSPS) is 25.8. The zero-order valence-corrected chi connectivity index (χ0v) is 14.6. The number of hydrogen-bond donors (Lipinski definition) is 0. The summed E-state index contributed by atoms with van der Waals surface area (Å²) in [7, 11) is -0.0804. The van der Waals surface area contributed by atoms with E-state index in [1.165, 1.54) is 0 Å². The van der Waals surface area contributed by atoms with Crippen LogP contribution in [0.3, 0.4) is 0 Å². The first-order valence-corrected chi connectivity index (χ1v) is 10.2. The van der Waals surface area contributed by atoms with Crippen molar-refractivity contribution in [1.29, 1.82) is 5.26 Å². The summed E-state index contributed by atoms with van der Waals surface area (Å²) in [6.45, 7) is 14.8. The maximum atomic E-state index is 9.72. The van der Waals surface area contributed by atoms with Crippen molar-refractivity contribution in [2.75, 3.05) is 7.11 Å². The Kier molecular flexibility index (Phi) is 4.25. The van der Waals surface area contributed by atoms with Gasteiger partial charge in [-0.1, -0.05) is 0 Å². The minimum Gasteiger partial charge on any atom is -0.400 e. The Morgan fingerprint density at radius 2 is 1.47 bits per heavy atom. The number of nitrogens with zero attached hydrogens (tertiary/aromatic N) is 2. The standard InChI is InChI=1S/C14H28N2O2Si/c1-12(2)9-14(11-15,18-19(6,7)8)10-13(3,4)16(12)17-5/h9-10H2,1-8H3. The maximum absolute atomic E-state index is 9.72. The molecule has 0 aromatic heterocycles. The molecule has 4 nitrogen and oxygen atoms in total. The van der Waals surface area contributed by atoms with Gasteiger partial charge in [0.1, 0.15) is 5.60 Å². The van der Waals surface area contributed by atoms with Crippen molar-refractivity contribution in [3.05, 3.63) is 0 Å². The molecule has 0 spiro atoms. The fourth-order valence-electron chi connectivity index (χ4n) is 3.68. The Hall–Kier alpha value is -0.413. The van der Waals surface area contributed by atoms with E-state index in [1.54, 1.807) is 7.11 Å². The van der Waals surface area contributed by atoms with Crippen molar-refractivity contribution in [3.8, 4) is 6.07 Å². The van der Waals surface area contributed by atoms with E-state index in [0.29, 0.717) is 12.8 Å². The van der Waals surface area contributed by atoms with Crippen LogP contribution in [0.1, 0.15) is 40.5 Å². The van der Waals surface area contributed by atoms with E-state index in [0.717, 1.165) is 0 Å². The van der Waals surface area contributed by atoms with E-state index in [9.17, 15) is 5.26 Å². The van der Waals surface area contributed by atoms with Gasteiger partial charge >= 0.3 is 0 Å². The summed E-state index contributed by atoms with van der Waals surface area (Å²) in [6, 6.07) is 2.46. The molecule has 1 fully saturated rings. The first-order valence-electron chi connectivity index (χ1n) is 6.83. The molecule has 0 atom stereocenters. The molecule has 0 saturated carbocycles. The quantitative estimate of drug-likeness (QED) is 0.746. The molecule has 0 N–H and O–H groups in total. The summed E-state index contributed by atoms with van der Waals surface area (Å²) in [5.41, 5.74) is -1.16. The predicted molar refractivity (Wildman–Crippen MR) is 79.0 cm³/mol. The van der Waals surface area contributed by atoms with E-state index < -0.39 is 13.9 Å². The molecule has 0 aromatic rings. The largest absolute Gasteiger partial charge is 0.400 e. The highest BCUT2D eigenvalue weighted by atomic mass is 28.4. The fourth-order valence-corrected chi connectivity index (χ4v) is 5.04. The summed E-state index contributed by atoms with van der Waals surface area (Å²) >= 11 is 0. The number of rotatable bonds is 3. The first-order chi connectivity index (χ1) is 8.37. The molecule has 0 aliphatic carbocycles. The van der Waals surface area contributed by atoms with Gasteiger partial charge in [-0.3, -0.25) is 0 Å². The molecule has 1 rings (SSSR count). The van der Waals surface area contributed by atoms with Crippen molar-refractivity contribution in [2.45, 2.75) is 76.9 Å². The Morgan fingerprint density at radius 3 is 1.74 bits per heavy atom. The van der Waals surface area contributed by atoms with Gasteiger partial charge in [-0.25, -0.2) is 0 Å². The number of hydrogen-bond acceptors (Lipinski definition) is 4. The summed E-state index contributed by atoms with van der Waals surface area (Å²) in [5.74, 6) is 0. The van der Waals surface area contributed by atoms with Crippen molar-refractivity contribution >= 4 is 8.32 Å². The third kappa shape index (κ3) is 3.57. The lowest BCUT2D eigenvalue weighted by atomic mass is 9.73. The summed E-state index contributed by atoms with van der Waals surface area (Å²) in [4.78, 5) is 5.57. The van der Waals surface area contributed by atoms with Gasteiger partial charge < -0.3 is 9.26 Å². The van der Waals surface area contributed by atoms with E-state index >= 15 is 0 Å². The van der Waals surface area contributed by atoms with Crippen LogP contribution in [0.5, 0.6) is 0 Å². The van der Waals surface area contributed by atoms with Crippen LogP contribution < -0.4 is 0 Å². The monoisotopic (exact) mass is 284 g/mol. The van der Waals surface area contributed by atoms with Gasteiger partial charge in [0.25, 0.3) is 0 Å². The number of piperidine rings is 1. The molecule has 19 heavy (non-hydrogen) atoms. The Labute approximate surface area is 118 Å². The maximum Gasteiger partial charge on any atom is 0.185 e. The average molecular weight is 284 g/mol. The highest BCUT2D eigenvalue weighted by molar-refractivity contribution is 6.69. The molecule has 0 bridgehead atoms. The lowest BCUT2D eigenvalue weighted by Crippen LogP contribution is -2.66. The Bertz CT molecular complexity index is 362. The van der Waals surface area contributed by atoms with E-state index in [2.05, 4.69) is 53.4 Å². The predicted octanol–water partition coefficient (Wildman–Crippen LogP) is 3.31. The van der Waals surface area contributed by atoms with E-state index in [-0.39, 0.29) is 11.1 Å². The zero-order chi connectivity index (χ0) is 15.1. The van der Waals surface area contributed by atoms with Gasteiger partial charge in [-0.15, -0.1) is 0 Å². The minimum atomic E-state index is -1.78. The minimum absolute atomic E-state index is 0.230. The third-order valence-corrected chi connectivity index (χ3v) is 4.43. The van der Waals surface area contributed by atoms with Gasteiger partial charge in [0.05, 0.1) is 13.2 Å². The topological polar surface area (TPSA) is 45.5 Å². The van der Waals surface area contributed by atoms with Crippen molar-refractivity contribution in [2.24, 2.45) is 0 Å². The van der Waals surface area contributed by atoms with Gasteiger partial charge in [-0.05, 0) is 47.3 Å². The van der Waals surface area contributed by atoms with Crippen LogP contribution in [0.4, 0.5) is 0 Å². The second-order valence-electron chi connectivity index (χ2n) is 7.78. The third-order valence-electron chi connectivity index (χ3n) is 3.42. The van der Waals surface area contributed by atoms with Crippen LogP contribution in [0.25, 0.3) is 0 Å². The van der Waals surface area contributed by atoms with Crippen LogP contribution in [0, 0.1) is 11.3 Å². The molecule has 0 radical (unpaired) electrons. The number of nitriles is 1. The van der Waals surface area contributed by atoms with Crippen LogP contribution in [-0.2, 0) is 9.26 Å². The van der Waals surface area contributed by atoms with Crippen LogP contribution in [0.15, 0.2) is 0 Å². The molecule has 1 aliphatic heterocycles. The van der Waals surface area contributed by atoms with Gasteiger partial charge in [0, 0.05) is 23.9 Å². The van der Waals surface area contributed by atoms with Crippen LogP contribution >= 0.6 is 0 Å². The molecule has 0 aromatic carbocycles. The smallest absolute Gasteiger partial charge is 0.185 e. The second-order valence-corrected chi connectivity index (χ2v) is 12.2. The zero-order valence-electron chi connectivity index (χ0n) is 13.6. The average Bonchev–Trinajstić information content (AvgIpc) is 2.11. The SMILES string of the molecule is CON1C(C)(C)CC(C#N)(O[Si](C)(C)C)CC1(C)C. The van der Waals surface area contributed by atoms with Gasteiger partial charge in [-0.2, -0.15) is 10.3 Å². The molecular formula is C14H28N2O2Si. The highest BCUT2D eigenvalue weighted by Gasteiger charge is 2.55. The highest BCUT2D eigenvalue weighted by Crippen LogP contribution is 2.45. The molecule has 0 amide bonds. The molecular weight excluding hydrogens is 256 g/mol. The lowest BCUT2D eigenvalue weighted by Gasteiger charge is -2.56. The first kappa shape index (κ1) is 16.6. The summed E-state index contributed by atoms with van der Waals surface area (Å²) in [5, 5.41) is 11.7. The van der Waals surface area contributed by atoms with Crippen molar-refractivity contribution in [3.63, 3.8) is 0 Å². The Morgan fingerprint density at radius 1 is 1.05 bits per heavy atom. The molecule has 1 saturated heterocycles. The lowest BCUT2D eigenvalue weighted by molar-refractivity contribution is -0.283. The Balaban J connectivity index is 3.16. The summed E-state index contributed by atoms with van der Waals surface area (Å²) in [6.07, 6.45) is 1.33.